The van der Waals surface area contributed by atoms with Crippen molar-refractivity contribution in [1.29, 1.82) is 0 Å². The molecule has 5 aromatic rings. The molecule has 1 aliphatic rings. The first-order valence-corrected chi connectivity index (χ1v) is 13.9. The summed E-state index contributed by atoms with van der Waals surface area (Å²) >= 11 is 0. The van der Waals surface area contributed by atoms with Crippen LogP contribution in [0.5, 0.6) is 0 Å². The summed E-state index contributed by atoms with van der Waals surface area (Å²) in [6, 6.07) is 38.7. The summed E-state index contributed by atoms with van der Waals surface area (Å²) in [4.78, 5) is 24.9. The van der Waals surface area contributed by atoms with Gasteiger partial charge in [0.25, 0.3) is 5.91 Å². The third kappa shape index (κ3) is 5.79. The van der Waals surface area contributed by atoms with E-state index < -0.39 is 0 Å². The van der Waals surface area contributed by atoms with Gasteiger partial charge in [-0.2, -0.15) is 0 Å². The number of amides is 1. The Morgan fingerprint density at radius 3 is 1.85 bits per heavy atom. The van der Waals surface area contributed by atoms with Crippen molar-refractivity contribution in [3.05, 3.63) is 127 Å². The number of benzene rings is 4. The standard InChI is InChI=1S/C35H32N4O/c40-35(31-14-8-3-9-15-31)37-24-26-20-22-39(23-21-26)32-25-36-33(34(38-32)29-12-6-2-7-13-29)30-18-16-28(17-19-30)27-10-4-1-5-11-27/h1-19,25-26H,20-24H2,(H,37,40). The number of rotatable bonds is 7. The van der Waals surface area contributed by atoms with E-state index in [-0.39, 0.29) is 5.91 Å². The summed E-state index contributed by atoms with van der Waals surface area (Å²) in [6.07, 6.45) is 3.91. The minimum absolute atomic E-state index is 0.00575. The van der Waals surface area contributed by atoms with Gasteiger partial charge in [-0.1, -0.05) is 103 Å². The van der Waals surface area contributed by atoms with E-state index in [1.165, 1.54) is 11.1 Å². The molecule has 40 heavy (non-hydrogen) atoms. The zero-order valence-electron chi connectivity index (χ0n) is 22.4. The van der Waals surface area contributed by atoms with Crippen molar-refractivity contribution in [1.82, 2.24) is 15.3 Å². The minimum atomic E-state index is -0.00575. The summed E-state index contributed by atoms with van der Waals surface area (Å²) in [5.74, 6) is 1.34. The van der Waals surface area contributed by atoms with Gasteiger partial charge in [0.1, 0.15) is 5.82 Å². The van der Waals surface area contributed by atoms with Crippen LogP contribution in [0.2, 0.25) is 0 Å². The predicted octanol–water partition coefficient (Wildman–Crippen LogP) is 7.12. The molecule has 5 heteroatoms. The van der Waals surface area contributed by atoms with E-state index in [9.17, 15) is 4.79 Å². The van der Waals surface area contributed by atoms with Crippen molar-refractivity contribution in [3.63, 3.8) is 0 Å². The van der Waals surface area contributed by atoms with Gasteiger partial charge in [-0.15, -0.1) is 0 Å². The van der Waals surface area contributed by atoms with Crippen molar-refractivity contribution in [2.45, 2.75) is 12.8 Å². The molecule has 0 saturated carbocycles. The Bertz CT molecular complexity index is 1550. The third-order valence-electron chi connectivity index (χ3n) is 7.60. The molecular formula is C35H32N4O. The second-order valence-corrected chi connectivity index (χ2v) is 10.2. The highest BCUT2D eigenvalue weighted by molar-refractivity contribution is 5.94. The van der Waals surface area contributed by atoms with Crippen molar-refractivity contribution in [2.24, 2.45) is 5.92 Å². The van der Waals surface area contributed by atoms with Crippen LogP contribution in [0.15, 0.2) is 121 Å². The first kappa shape index (κ1) is 25.5. The molecule has 0 radical (unpaired) electrons. The number of nitrogens with one attached hydrogen (secondary N) is 1. The molecule has 2 heterocycles. The molecular weight excluding hydrogens is 492 g/mol. The fourth-order valence-electron chi connectivity index (χ4n) is 5.29. The molecule has 0 spiro atoms. The summed E-state index contributed by atoms with van der Waals surface area (Å²) in [5, 5.41) is 3.11. The van der Waals surface area contributed by atoms with E-state index in [1.54, 1.807) is 0 Å². The van der Waals surface area contributed by atoms with Crippen LogP contribution in [-0.4, -0.2) is 35.5 Å². The maximum Gasteiger partial charge on any atom is 0.251 e. The largest absolute Gasteiger partial charge is 0.355 e. The minimum Gasteiger partial charge on any atom is -0.355 e. The highest BCUT2D eigenvalue weighted by atomic mass is 16.1. The zero-order chi connectivity index (χ0) is 27.1. The van der Waals surface area contributed by atoms with Crippen LogP contribution in [0.4, 0.5) is 5.82 Å². The summed E-state index contributed by atoms with van der Waals surface area (Å²) in [6.45, 7) is 2.47. The van der Waals surface area contributed by atoms with Gasteiger partial charge >= 0.3 is 0 Å². The molecule has 4 aromatic carbocycles. The van der Waals surface area contributed by atoms with Crippen molar-refractivity contribution < 1.29 is 4.79 Å². The van der Waals surface area contributed by atoms with Gasteiger partial charge in [-0.25, -0.2) is 4.98 Å². The second-order valence-electron chi connectivity index (χ2n) is 10.2. The lowest BCUT2D eigenvalue weighted by molar-refractivity contribution is 0.0945. The lowest BCUT2D eigenvalue weighted by Gasteiger charge is -2.33. The number of aromatic nitrogens is 2. The number of nitrogens with zero attached hydrogens (tertiary/aromatic N) is 3. The van der Waals surface area contributed by atoms with Crippen LogP contribution < -0.4 is 10.2 Å². The Hall–Kier alpha value is -4.77. The van der Waals surface area contributed by atoms with Crippen LogP contribution in [-0.2, 0) is 0 Å². The first-order valence-electron chi connectivity index (χ1n) is 13.9. The monoisotopic (exact) mass is 524 g/mol. The van der Waals surface area contributed by atoms with Crippen LogP contribution in [0.3, 0.4) is 0 Å². The average molecular weight is 525 g/mol. The molecule has 6 rings (SSSR count). The van der Waals surface area contributed by atoms with E-state index in [0.717, 1.165) is 54.3 Å². The maximum absolute atomic E-state index is 12.4. The Balaban J connectivity index is 1.18. The Morgan fingerprint density at radius 2 is 1.20 bits per heavy atom. The quantitative estimate of drug-likeness (QED) is 0.246. The molecule has 0 unspecified atom stereocenters. The van der Waals surface area contributed by atoms with Gasteiger partial charge in [0.15, 0.2) is 0 Å². The molecule has 0 aliphatic carbocycles. The third-order valence-corrected chi connectivity index (χ3v) is 7.60. The summed E-state index contributed by atoms with van der Waals surface area (Å²) < 4.78 is 0. The Labute approximate surface area is 235 Å². The molecule has 1 fully saturated rings. The Kier molecular flexibility index (Phi) is 7.62. The number of piperidine rings is 1. The predicted molar refractivity (Wildman–Crippen MR) is 162 cm³/mol. The van der Waals surface area contributed by atoms with Crippen LogP contribution in [0.1, 0.15) is 23.2 Å². The summed E-state index contributed by atoms with van der Waals surface area (Å²) in [7, 11) is 0. The van der Waals surface area contributed by atoms with Crippen molar-refractivity contribution in [3.8, 4) is 33.6 Å². The van der Waals surface area contributed by atoms with E-state index in [4.69, 9.17) is 9.97 Å². The van der Waals surface area contributed by atoms with Crippen LogP contribution in [0.25, 0.3) is 33.6 Å². The average Bonchev–Trinajstić information content (AvgIpc) is 3.05. The normalized spacial score (nSPS) is 13.7. The second kappa shape index (κ2) is 12.0. The van der Waals surface area contributed by atoms with Crippen molar-refractivity contribution >= 4 is 11.7 Å². The molecule has 1 aliphatic heterocycles. The van der Waals surface area contributed by atoms with Gasteiger partial charge in [-0.05, 0) is 42.0 Å². The maximum atomic E-state index is 12.4. The number of carbonyl (C=O) groups is 1. The number of hydrogen-bond acceptors (Lipinski definition) is 4. The van der Waals surface area contributed by atoms with E-state index in [2.05, 4.69) is 70.9 Å². The smallest absolute Gasteiger partial charge is 0.251 e. The van der Waals surface area contributed by atoms with Crippen LogP contribution in [0, 0.1) is 5.92 Å². The summed E-state index contributed by atoms with van der Waals surface area (Å²) in [5.41, 5.74) is 6.96. The van der Waals surface area contributed by atoms with Gasteiger partial charge < -0.3 is 10.2 Å². The molecule has 0 bridgehead atoms. The fraction of sp³-hybridized carbons (Fsp3) is 0.171. The number of carbonyl (C=O) groups excluding carboxylic acids is 1. The van der Waals surface area contributed by atoms with Crippen LogP contribution >= 0.6 is 0 Å². The highest BCUT2D eigenvalue weighted by Gasteiger charge is 2.22. The lowest BCUT2D eigenvalue weighted by atomic mass is 9.96. The highest BCUT2D eigenvalue weighted by Crippen LogP contribution is 2.33. The van der Waals surface area contributed by atoms with E-state index >= 15 is 0 Å². The molecule has 0 atom stereocenters. The Morgan fingerprint density at radius 1 is 0.675 bits per heavy atom. The van der Waals surface area contributed by atoms with Gasteiger partial charge in [0.2, 0.25) is 0 Å². The lowest BCUT2D eigenvalue weighted by Crippen LogP contribution is -2.39. The molecule has 1 N–H and O–H groups in total. The van der Waals surface area contributed by atoms with E-state index in [0.29, 0.717) is 18.0 Å². The zero-order valence-corrected chi connectivity index (χ0v) is 22.4. The topological polar surface area (TPSA) is 58.1 Å². The number of anilines is 1. The van der Waals surface area contributed by atoms with Gasteiger partial charge in [-0.3, -0.25) is 9.78 Å². The fourth-order valence-corrected chi connectivity index (χ4v) is 5.29. The molecule has 5 nitrogen and oxygen atoms in total. The van der Waals surface area contributed by atoms with Gasteiger partial charge in [0.05, 0.1) is 17.6 Å². The molecule has 198 valence electrons. The molecule has 1 aromatic heterocycles. The molecule has 1 amide bonds. The SMILES string of the molecule is O=C(NCC1CCN(c2cnc(-c3ccc(-c4ccccc4)cc3)c(-c3ccccc3)n2)CC1)c1ccccc1. The van der Waals surface area contributed by atoms with Gasteiger partial charge in [0, 0.05) is 36.3 Å². The van der Waals surface area contributed by atoms with Crippen molar-refractivity contribution in [2.75, 3.05) is 24.5 Å². The molecule has 1 saturated heterocycles. The number of hydrogen-bond donors (Lipinski definition) is 1. The van der Waals surface area contributed by atoms with E-state index in [1.807, 2.05) is 60.8 Å². The first-order chi connectivity index (χ1) is 19.7.